The molecule has 0 bridgehead atoms. The SMILES string of the molecule is CC(=O)N[C@@H]1[C@@H](N)C=C(C(=O)O)O[C@H]1C(=O)N(CCc1ccccc1)CC(=O)N(C)C. The Hall–Kier alpha value is -3.40. The van der Waals surface area contributed by atoms with Gasteiger partial charge in [0.1, 0.15) is 0 Å². The number of likely N-dealkylation sites (N-methyl/N-ethyl adjacent to an activating group) is 1. The lowest BCUT2D eigenvalue weighted by Crippen LogP contribution is -2.62. The molecule has 0 aromatic heterocycles. The summed E-state index contributed by atoms with van der Waals surface area (Å²) in [5.74, 6) is -3.25. The third-order valence-corrected chi connectivity index (χ3v) is 4.81. The largest absolute Gasteiger partial charge is 0.475 e. The molecule has 0 fully saturated rings. The topological polar surface area (TPSA) is 142 Å². The minimum absolute atomic E-state index is 0.191. The van der Waals surface area contributed by atoms with E-state index in [1.54, 1.807) is 14.1 Å². The number of nitrogens with two attached hydrogens (primary N) is 1. The van der Waals surface area contributed by atoms with E-state index < -0.39 is 41.7 Å². The van der Waals surface area contributed by atoms with Crippen LogP contribution < -0.4 is 11.1 Å². The predicted octanol–water partition coefficient (Wildman–Crippen LogP) is -0.655. The second kappa shape index (κ2) is 10.6. The number of carboxylic acid groups (broad SMARTS) is 1. The molecule has 1 aliphatic heterocycles. The van der Waals surface area contributed by atoms with Gasteiger partial charge in [0.05, 0.1) is 18.6 Å². The van der Waals surface area contributed by atoms with Crippen molar-refractivity contribution in [3.63, 3.8) is 0 Å². The molecule has 31 heavy (non-hydrogen) atoms. The van der Waals surface area contributed by atoms with Crippen LogP contribution in [0.25, 0.3) is 0 Å². The number of carbonyl (C=O) groups excluding carboxylic acids is 3. The van der Waals surface area contributed by atoms with Crippen LogP contribution in [-0.4, -0.2) is 84.0 Å². The van der Waals surface area contributed by atoms with Crippen LogP contribution in [0.4, 0.5) is 0 Å². The maximum atomic E-state index is 13.4. The molecule has 4 N–H and O–H groups in total. The summed E-state index contributed by atoms with van der Waals surface area (Å²) < 4.78 is 5.42. The normalized spacial score (nSPS) is 20.1. The number of nitrogens with zero attached hydrogens (tertiary/aromatic N) is 2. The highest BCUT2D eigenvalue weighted by atomic mass is 16.5. The first-order valence-corrected chi connectivity index (χ1v) is 9.77. The summed E-state index contributed by atoms with van der Waals surface area (Å²) >= 11 is 0. The van der Waals surface area contributed by atoms with E-state index in [4.69, 9.17) is 10.5 Å². The van der Waals surface area contributed by atoms with Crippen LogP contribution in [0.15, 0.2) is 42.2 Å². The zero-order valence-electron chi connectivity index (χ0n) is 17.8. The van der Waals surface area contributed by atoms with Gasteiger partial charge >= 0.3 is 5.97 Å². The van der Waals surface area contributed by atoms with E-state index in [9.17, 15) is 24.3 Å². The summed E-state index contributed by atoms with van der Waals surface area (Å²) in [6.45, 7) is 1.22. The number of hydrogen-bond acceptors (Lipinski definition) is 6. The van der Waals surface area contributed by atoms with E-state index in [0.717, 1.165) is 11.6 Å². The van der Waals surface area contributed by atoms with E-state index in [1.165, 1.54) is 16.7 Å². The number of carboxylic acids is 1. The minimum atomic E-state index is -1.39. The van der Waals surface area contributed by atoms with Crippen molar-refractivity contribution in [2.24, 2.45) is 5.73 Å². The van der Waals surface area contributed by atoms with Crippen LogP contribution >= 0.6 is 0 Å². The first-order valence-electron chi connectivity index (χ1n) is 9.77. The third kappa shape index (κ3) is 6.54. The number of benzene rings is 1. The zero-order valence-corrected chi connectivity index (χ0v) is 17.8. The number of aliphatic carboxylic acids is 1. The Morgan fingerprint density at radius 1 is 1.16 bits per heavy atom. The molecular formula is C21H28N4O6. The molecule has 1 aliphatic rings. The molecule has 10 heteroatoms. The van der Waals surface area contributed by atoms with Crippen molar-refractivity contribution >= 4 is 23.7 Å². The van der Waals surface area contributed by atoms with Gasteiger partial charge in [0.2, 0.25) is 17.6 Å². The summed E-state index contributed by atoms with van der Waals surface area (Å²) in [5.41, 5.74) is 6.98. The van der Waals surface area contributed by atoms with E-state index in [1.807, 2.05) is 30.3 Å². The van der Waals surface area contributed by atoms with Crippen molar-refractivity contribution < 1.29 is 29.0 Å². The number of nitrogens with one attached hydrogen (secondary N) is 1. The summed E-state index contributed by atoms with van der Waals surface area (Å²) in [5, 5.41) is 11.9. The smallest absolute Gasteiger partial charge is 0.370 e. The minimum Gasteiger partial charge on any atom is -0.475 e. The Labute approximate surface area is 180 Å². The second-order valence-electron chi connectivity index (χ2n) is 7.46. The van der Waals surface area contributed by atoms with Crippen molar-refractivity contribution in [3.8, 4) is 0 Å². The molecular weight excluding hydrogens is 404 g/mol. The molecule has 168 valence electrons. The van der Waals surface area contributed by atoms with Crippen LogP contribution in [0, 0.1) is 0 Å². The van der Waals surface area contributed by atoms with E-state index in [-0.39, 0.29) is 19.0 Å². The molecule has 3 amide bonds. The Kier molecular flexibility index (Phi) is 8.14. The van der Waals surface area contributed by atoms with Gasteiger partial charge in [-0.15, -0.1) is 0 Å². The molecule has 0 aliphatic carbocycles. The fraction of sp³-hybridized carbons (Fsp3) is 0.429. The lowest BCUT2D eigenvalue weighted by atomic mass is 9.97. The molecule has 0 spiro atoms. The molecule has 1 aromatic carbocycles. The van der Waals surface area contributed by atoms with Gasteiger partial charge in [-0.1, -0.05) is 30.3 Å². The van der Waals surface area contributed by atoms with Gasteiger partial charge in [0.25, 0.3) is 5.91 Å². The molecule has 1 aromatic rings. The molecule has 0 radical (unpaired) electrons. The summed E-state index contributed by atoms with van der Waals surface area (Å²) in [4.78, 5) is 51.4. The van der Waals surface area contributed by atoms with Gasteiger partial charge in [0.15, 0.2) is 6.10 Å². The van der Waals surface area contributed by atoms with Gasteiger partial charge in [-0.25, -0.2) is 4.79 Å². The van der Waals surface area contributed by atoms with Crippen molar-refractivity contribution in [2.45, 2.75) is 31.5 Å². The van der Waals surface area contributed by atoms with Crippen molar-refractivity contribution in [3.05, 3.63) is 47.7 Å². The predicted molar refractivity (Wildman–Crippen MR) is 112 cm³/mol. The van der Waals surface area contributed by atoms with Crippen molar-refractivity contribution in [1.82, 2.24) is 15.1 Å². The Bertz CT molecular complexity index is 855. The lowest BCUT2D eigenvalue weighted by molar-refractivity contribution is -0.152. The molecule has 3 atom stereocenters. The lowest BCUT2D eigenvalue weighted by Gasteiger charge is -2.37. The maximum absolute atomic E-state index is 13.4. The van der Waals surface area contributed by atoms with E-state index >= 15 is 0 Å². The first kappa shape index (κ1) is 23.9. The molecule has 0 unspecified atom stereocenters. The van der Waals surface area contributed by atoms with Gasteiger partial charge in [-0.05, 0) is 18.1 Å². The van der Waals surface area contributed by atoms with Crippen LogP contribution in [0.5, 0.6) is 0 Å². The average Bonchev–Trinajstić information content (AvgIpc) is 2.71. The number of carbonyl (C=O) groups is 4. The molecule has 0 saturated carbocycles. The highest BCUT2D eigenvalue weighted by Gasteiger charge is 2.42. The Morgan fingerprint density at radius 2 is 1.81 bits per heavy atom. The highest BCUT2D eigenvalue weighted by Crippen LogP contribution is 2.20. The molecule has 0 saturated heterocycles. The van der Waals surface area contributed by atoms with Gasteiger partial charge in [-0.3, -0.25) is 14.4 Å². The van der Waals surface area contributed by atoms with E-state index in [2.05, 4.69) is 5.32 Å². The average molecular weight is 432 g/mol. The molecule has 10 nitrogen and oxygen atoms in total. The third-order valence-electron chi connectivity index (χ3n) is 4.81. The van der Waals surface area contributed by atoms with Crippen LogP contribution in [0.3, 0.4) is 0 Å². The number of rotatable bonds is 8. The Morgan fingerprint density at radius 3 is 2.35 bits per heavy atom. The number of amides is 3. The zero-order chi connectivity index (χ0) is 23.1. The van der Waals surface area contributed by atoms with Gasteiger partial charge in [-0.2, -0.15) is 0 Å². The van der Waals surface area contributed by atoms with Gasteiger partial charge < -0.3 is 30.7 Å². The molecule has 2 rings (SSSR count). The Balaban J connectivity index is 2.31. The number of ether oxygens (including phenoxy) is 1. The highest BCUT2D eigenvalue weighted by molar-refractivity contribution is 5.90. The van der Waals surface area contributed by atoms with Crippen LogP contribution in [-0.2, 0) is 30.3 Å². The van der Waals surface area contributed by atoms with Crippen molar-refractivity contribution in [2.75, 3.05) is 27.2 Å². The van der Waals surface area contributed by atoms with E-state index in [0.29, 0.717) is 6.42 Å². The second-order valence-corrected chi connectivity index (χ2v) is 7.46. The number of hydrogen-bond donors (Lipinski definition) is 3. The summed E-state index contributed by atoms with van der Waals surface area (Å²) in [7, 11) is 3.14. The maximum Gasteiger partial charge on any atom is 0.370 e. The van der Waals surface area contributed by atoms with Gasteiger partial charge in [0, 0.05) is 27.6 Å². The fourth-order valence-electron chi connectivity index (χ4n) is 3.12. The van der Waals surface area contributed by atoms with Crippen LogP contribution in [0.2, 0.25) is 0 Å². The van der Waals surface area contributed by atoms with Crippen LogP contribution in [0.1, 0.15) is 12.5 Å². The summed E-state index contributed by atoms with van der Waals surface area (Å²) in [6, 6.07) is 7.46. The monoisotopic (exact) mass is 432 g/mol. The summed E-state index contributed by atoms with van der Waals surface area (Å²) in [6.07, 6.45) is 0.227. The quantitative estimate of drug-likeness (QED) is 0.495. The van der Waals surface area contributed by atoms with Crippen molar-refractivity contribution in [1.29, 1.82) is 0 Å². The standard InChI is InChI=1S/C21H28N4O6/c1-13(26)23-18-15(22)11-16(21(29)30)31-19(18)20(28)25(12-17(27)24(2)3)10-9-14-7-5-4-6-8-14/h4-8,11,15,18-19H,9-10,12,22H2,1-3H3,(H,23,26)(H,29,30)/t15-,18+,19+/m0/s1. The first-order chi connectivity index (χ1) is 14.6. The fourth-order valence-corrected chi connectivity index (χ4v) is 3.12. The molecule has 1 heterocycles.